The average Bonchev–Trinajstić information content (AvgIpc) is 2.72. The van der Waals surface area contributed by atoms with Gasteiger partial charge in [-0.05, 0) is 80.1 Å². The van der Waals surface area contributed by atoms with Crippen LogP contribution in [0.3, 0.4) is 0 Å². The van der Waals surface area contributed by atoms with Crippen molar-refractivity contribution in [3.63, 3.8) is 0 Å². The van der Waals surface area contributed by atoms with Crippen LogP contribution < -0.4 is 19.1 Å². The molecule has 0 unspecified atom stereocenters. The van der Waals surface area contributed by atoms with Gasteiger partial charge in [-0.1, -0.05) is 19.9 Å². The Bertz CT molecular complexity index is 1110. The summed E-state index contributed by atoms with van der Waals surface area (Å²) in [6, 6.07) is 7.93. The Labute approximate surface area is 198 Å². The summed E-state index contributed by atoms with van der Waals surface area (Å²) in [5.41, 5.74) is 4.18. The van der Waals surface area contributed by atoms with Crippen molar-refractivity contribution in [1.82, 2.24) is 5.32 Å². The zero-order valence-electron chi connectivity index (χ0n) is 21.0. The van der Waals surface area contributed by atoms with Crippen molar-refractivity contribution >= 4 is 21.6 Å². The number of nitrogens with zero attached hydrogens (tertiary/aromatic N) is 1. The fourth-order valence-corrected chi connectivity index (χ4v) is 5.15. The van der Waals surface area contributed by atoms with Crippen LogP contribution in [0.25, 0.3) is 0 Å². The third kappa shape index (κ3) is 5.99. The van der Waals surface area contributed by atoms with Crippen LogP contribution in [0.2, 0.25) is 0 Å². The van der Waals surface area contributed by atoms with Crippen LogP contribution >= 0.6 is 0 Å². The first-order valence-corrected chi connectivity index (χ1v) is 12.8. The van der Waals surface area contributed by atoms with E-state index in [0.717, 1.165) is 38.6 Å². The number of hydrogen-bond donors (Lipinski definition) is 1. The van der Waals surface area contributed by atoms with Crippen LogP contribution in [0.15, 0.2) is 30.3 Å². The van der Waals surface area contributed by atoms with Crippen LogP contribution in [0.1, 0.15) is 61.9 Å². The van der Waals surface area contributed by atoms with Gasteiger partial charge < -0.3 is 14.8 Å². The highest BCUT2D eigenvalue weighted by Crippen LogP contribution is 2.34. The van der Waals surface area contributed by atoms with E-state index in [9.17, 15) is 13.2 Å². The van der Waals surface area contributed by atoms with Crippen molar-refractivity contribution in [1.29, 1.82) is 0 Å². The fraction of sp³-hybridized carbons (Fsp3) is 0.480. The van der Waals surface area contributed by atoms with E-state index < -0.39 is 22.0 Å². The van der Waals surface area contributed by atoms with Gasteiger partial charge in [-0.3, -0.25) is 9.10 Å². The molecule has 2 aromatic carbocycles. The molecule has 0 spiro atoms. The summed E-state index contributed by atoms with van der Waals surface area (Å²) < 4.78 is 37.5. The molecule has 0 aromatic heterocycles. The number of aryl methyl sites for hydroxylation is 2. The monoisotopic (exact) mass is 476 g/mol. The van der Waals surface area contributed by atoms with Gasteiger partial charge in [0.15, 0.2) is 0 Å². The summed E-state index contributed by atoms with van der Waals surface area (Å²) in [5, 5.41) is 2.99. The highest BCUT2D eigenvalue weighted by molar-refractivity contribution is 7.92. The zero-order chi connectivity index (χ0) is 25.1. The number of nitrogens with one attached hydrogen (secondary N) is 1. The molecule has 2 rings (SSSR count). The lowest BCUT2D eigenvalue weighted by molar-refractivity contribution is -0.122. The van der Waals surface area contributed by atoms with Crippen LogP contribution in [0.4, 0.5) is 5.69 Å². The molecule has 0 aliphatic heterocycles. The molecular weight excluding hydrogens is 440 g/mol. The lowest BCUT2D eigenvalue weighted by Gasteiger charge is -2.31. The van der Waals surface area contributed by atoms with Crippen molar-refractivity contribution in [2.45, 2.75) is 59.5 Å². The Balaban J connectivity index is 2.41. The number of benzene rings is 2. The maximum absolute atomic E-state index is 13.2. The molecule has 33 heavy (non-hydrogen) atoms. The number of carbonyl (C=O) groups is 1. The lowest BCUT2D eigenvalue weighted by atomic mass is 9.93. The van der Waals surface area contributed by atoms with E-state index in [-0.39, 0.29) is 12.0 Å². The second-order valence-electron chi connectivity index (χ2n) is 8.75. The van der Waals surface area contributed by atoms with E-state index in [1.807, 2.05) is 39.0 Å². The molecule has 1 N–H and O–H groups in total. The maximum atomic E-state index is 13.2. The fourth-order valence-electron chi connectivity index (χ4n) is 3.98. The molecule has 182 valence electrons. The number of sulfonamides is 1. The van der Waals surface area contributed by atoms with Crippen molar-refractivity contribution in [3.8, 4) is 11.5 Å². The molecule has 2 aromatic rings. The van der Waals surface area contributed by atoms with E-state index >= 15 is 0 Å². The smallest absolute Gasteiger partial charge is 0.244 e. The van der Waals surface area contributed by atoms with Crippen molar-refractivity contribution < 1.29 is 22.7 Å². The molecule has 0 saturated heterocycles. The Morgan fingerprint density at radius 1 is 0.939 bits per heavy atom. The van der Waals surface area contributed by atoms with Crippen LogP contribution in [0, 0.1) is 13.8 Å². The maximum Gasteiger partial charge on any atom is 0.244 e. The number of methoxy groups -OCH3 is 2. The first-order valence-electron chi connectivity index (χ1n) is 10.9. The predicted octanol–water partition coefficient (Wildman–Crippen LogP) is 4.48. The quantitative estimate of drug-likeness (QED) is 0.577. The van der Waals surface area contributed by atoms with Gasteiger partial charge in [0.2, 0.25) is 15.9 Å². The van der Waals surface area contributed by atoms with Crippen molar-refractivity contribution in [2.75, 3.05) is 24.8 Å². The van der Waals surface area contributed by atoms with Gasteiger partial charge in [0, 0.05) is 0 Å². The second kappa shape index (κ2) is 10.5. The minimum Gasteiger partial charge on any atom is -0.496 e. The molecule has 0 saturated carbocycles. The first-order chi connectivity index (χ1) is 15.3. The molecule has 0 heterocycles. The number of rotatable bonds is 9. The standard InChI is InChI=1S/C25H36N2O5S/c1-15(2)20-14-21(17(4)13-24(20)32-8)18(5)26-25(28)19(6)27(33(9,29)30)22-12-16(3)10-11-23(22)31-7/h10-15,18-19H,1-9H3,(H,26,28)/t18-,19+/m0/s1. The summed E-state index contributed by atoms with van der Waals surface area (Å²) in [7, 11) is -0.653. The van der Waals surface area contributed by atoms with Crippen LogP contribution in [-0.4, -0.2) is 40.8 Å². The summed E-state index contributed by atoms with van der Waals surface area (Å²) in [4.78, 5) is 13.2. The van der Waals surface area contributed by atoms with Gasteiger partial charge >= 0.3 is 0 Å². The Morgan fingerprint density at radius 3 is 2.06 bits per heavy atom. The Kier molecular flexibility index (Phi) is 8.41. The summed E-state index contributed by atoms with van der Waals surface area (Å²) >= 11 is 0. The highest BCUT2D eigenvalue weighted by Gasteiger charge is 2.32. The first kappa shape index (κ1) is 26.5. The summed E-state index contributed by atoms with van der Waals surface area (Å²) in [6.45, 7) is 11.5. The number of hydrogen-bond acceptors (Lipinski definition) is 5. The lowest BCUT2D eigenvalue weighted by Crippen LogP contribution is -2.48. The van der Waals surface area contributed by atoms with Crippen molar-refractivity contribution in [2.24, 2.45) is 0 Å². The van der Waals surface area contributed by atoms with Crippen molar-refractivity contribution in [3.05, 3.63) is 52.6 Å². The van der Waals surface area contributed by atoms with Gasteiger partial charge in [-0.2, -0.15) is 0 Å². The van der Waals surface area contributed by atoms with E-state index in [1.165, 1.54) is 7.11 Å². The minimum absolute atomic E-state index is 0.246. The summed E-state index contributed by atoms with van der Waals surface area (Å²) in [6.07, 6.45) is 1.09. The average molecular weight is 477 g/mol. The van der Waals surface area contributed by atoms with E-state index in [0.29, 0.717) is 11.4 Å². The summed E-state index contributed by atoms with van der Waals surface area (Å²) in [5.74, 6) is 1.03. The molecule has 0 fully saturated rings. The van der Waals surface area contributed by atoms with E-state index in [2.05, 4.69) is 19.2 Å². The van der Waals surface area contributed by atoms with Gasteiger partial charge in [0.25, 0.3) is 0 Å². The number of amides is 1. The number of anilines is 1. The molecule has 0 aliphatic carbocycles. The Hall–Kier alpha value is -2.74. The van der Waals surface area contributed by atoms with Gasteiger partial charge in [-0.25, -0.2) is 8.42 Å². The number of ether oxygens (including phenoxy) is 2. The molecule has 0 radical (unpaired) electrons. The Morgan fingerprint density at radius 2 is 1.55 bits per heavy atom. The largest absolute Gasteiger partial charge is 0.496 e. The van der Waals surface area contributed by atoms with Gasteiger partial charge in [0.1, 0.15) is 17.5 Å². The minimum atomic E-state index is -3.77. The SMILES string of the molecule is COc1cc(C)c([C@H](C)NC(=O)[C@@H](C)N(c2cc(C)ccc2OC)S(C)(=O)=O)cc1C(C)C. The molecule has 0 bridgehead atoms. The van der Waals surface area contributed by atoms with Gasteiger partial charge in [0.05, 0.1) is 32.2 Å². The highest BCUT2D eigenvalue weighted by atomic mass is 32.2. The van der Waals surface area contributed by atoms with Crippen LogP contribution in [0.5, 0.6) is 11.5 Å². The molecule has 1 amide bonds. The van der Waals surface area contributed by atoms with E-state index in [1.54, 1.807) is 26.2 Å². The van der Waals surface area contributed by atoms with Gasteiger partial charge in [-0.15, -0.1) is 0 Å². The third-order valence-electron chi connectivity index (χ3n) is 5.73. The van der Waals surface area contributed by atoms with E-state index in [4.69, 9.17) is 9.47 Å². The zero-order valence-corrected chi connectivity index (χ0v) is 21.8. The molecular formula is C25H36N2O5S. The normalized spacial score (nSPS) is 13.4. The van der Waals surface area contributed by atoms with Crippen LogP contribution in [-0.2, 0) is 14.8 Å². The molecule has 2 atom stereocenters. The second-order valence-corrected chi connectivity index (χ2v) is 10.6. The number of carbonyl (C=O) groups excluding carboxylic acids is 1. The molecule has 8 heteroatoms. The molecule has 0 aliphatic rings. The third-order valence-corrected chi connectivity index (χ3v) is 6.95. The molecule has 7 nitrogen and oxygen atoms in total. The topological polar surface area (TPSA) is 84.9 Å². The predicted molar refractivity (Wildman–Crippen MR) is 133 cm³/mol.